The van der Waals surface area contributed by atoms with Crippen molar-refractivity contribution in [2.45, 2.75) is 18.9 Å². The van der Waals surface area contributed by atoms with Gasteiger partial charge in [0.15, 0.2) is 0 Å². The minimum atomic E-state index is 0.0502. The SMILES string of the molecule is Cn1ccnc1CCC(N)c1ccc(Cl)s1. The van der Waals surface area contributed by atoms with Crippen molar-refractivity contribution in [3.05, 3.63) is 39.6 Å². The van der Waals surface area contributed by atoms with Crippen LogP contribution in [-0.2, 0) is 13.5 Å². The number of rotatable bonds is 4. The maximum Gasteiger partial charge on any atom is 0.108 e. The van der Waals surface area contributed by atoms with E-state index in [2.05, 4.69) is 4.98 Å². The first kappa shape index (κ1) is 11.6. The van der Waals surface area contributed by atoms with Gasteiger partial charge in [-0.25, -0.2) is 4.98 Å². The van der Waals surface area contributed by atoms with E-state index in [1.807, 2.05) is 36.1 Å². The van der Waals surface area contributed by atoms with Gasteiger partial charge >= 0.3 is 0 Å². The summed E-state index contributed by atoms with van der Waals surface area (Å²) in [6.07, 6.45) is 5.54. The van der Waals surface area contributed by atoms with Crippen LogP contribution in [0.5, 0.6) is 0 Å². The topological polar surface area (TPSA) is 43.8 Å². The summed E-state index contributed by atoms with van der Waals surface area (Å²) in [6, 6.07) is 3.94. The highest BCUT2D eigenvalue weighted by Gasteiger charge is 2.10. The van der Waals surface area contributed by atoms with Crippen molar-refractivity contribution < 1.29 is 0 Å². The molecule has 16 heavy (non-hydrogen) atoms. The quantitative estimate of drug-likeness (QED) is 0.913. The molecule has 0 fully saturated rings. The molecule has 0 saturated carbocycles. The Kier molecular flexibility index (Phi) is 3.63. The molecule has 1 unspecified atom stereocenters. The van der Waals surface area contributed by atoms with Crippen LogP contribution in [0.1, 0.15) is 23.2 Å². The number of aromatic nitrogens is 2. The second-order valence-corrected chi connectivity index (χ2v) is 5.49. The minimum absolute atomic E-state index is 0.0502. The lowest BCUT2D eigenvalue weighted by Gasteiger charge is -2.08. The molecule has 5 heteroatoms. The summed E-state index contributed by atoms with van der Waals surface area (Å²) in [5.41, 5.74) is 6.09. The number of hydrogen-bond acceptors (Lipinski definition) is 3. The zero-order chi connectivity index (χ0) is 11.5. The normalized spacial score (nSPS) is 12.9. The molecule has 2 N–H and O–H groups in total. The van der Waals surface area contributed by atoms with Crippen LogP contribution in [0, 0.1) is 0 Å². The van der Waals surface area contributed by atoms with Crippen LogP contribution in [0.25, 0.3) is 0 Å². The van der Waals surface area contributed by atoms with E-state index in [0.717, 1.165) is 27.9 Å². The van der Waals surface area contributed by atoms with Gasteiger partial charge < -0.3 is 10.3 Å². The lowest BCUT2D eigenvalue weighted by molar-refractivity contribution is 0.629. The van der Waals surface area contributed by atoms with E-state index in [1.54, 1.807) is 11.3 Å². The van der Waals surface area contributed by atoms with Gasteiger partial charge in [-0.2, -0.15) is 0 Å². The molecule has 0 spiro atoms. The maximum atomic E-state index is 6.09. The molecular formula is C11H14ClN3S. The van der Waals surface area contributed by atoms with E-state index in [0.29, 0.717) is 0 Å². The molecule has 3 nitrogen and oxygen atoms in total. The molecule has 0 aliphatic carbocycles. The molecule has 2 heterocycles. The smallest absolute Gasteiger partial charge is 0.108 e. The molecule has 1 atom stereocenters. The van der Waals surface area contributed by atoms with Crippen LogP contribution in [0.15, 0.2) is 24.5 Å². The van der Waals surface area contributed by atoms with Crippen molar-refractivity contribution in [2.24, 2.45) is 12.8 Å². The van der Waals surface area contributed by atoms with Gasteiger partial charge in [0, 0.05) is 36.8 Å². The summed E-state index contributed by atoms with van der Waals surface area (Å²) in [6.45, 7) is 0. The van der Waals surface area contributed by atoms with E-state index >= 15 is 0 Å². The predicted octanol–water partition coefficient (Wildman–Crippen LogP) is 2.77. The first-order valence-electron chi connectivity index (χ1n) is 5.14. The Balaban J connectivity index is 1.93. The fraction of sp³-hybridized carbons (Fsp3) is 0.364. The molecular weight excluding hydrogens is 242 g/mol. The number of nitrogens with two attached hydrogens (primary N) is 1. The van der Waals surface area contributed by atoms with Gasteiger partial charge in [0.25, 0.3) is 0 Å². The van der Waals surface area contributed by atoms with Crippen LogP contribution in [-0.4, -0.2) is 9.55 Å². The van der Waals surface area contributed by atoms with E-state index in [9.17, 15) is 0 Å². The van der Waals surface area contributed by atoms with Crippen LogP contribution >= 0.6 is 22.9 Å². The Morgan fingerprint density at radius 1 is 1.56 bits per heavy atom. The van der Waals surface area contributed by atoms with Crippen LogP contribution in [0.3, 0.4) is 0 Å². The molecule has 0 bridgehead atoms. The van der Waals surface area contributed by atoms with Crippen molar-refractivity contribution in [2.75, 3.05) is 0 Å². The number of imidazole rings is 1. The van der Waals surface area contributed by atoms with Gasteiger partial charge in [-0.1, -0.05) is 11.6 Å². The molecule has 0 aliphatic heterocycles. The molecule has 0 aromatic carbocycles. The van der Waals surface area contributed by atoms with Crippen molar-refractivity contribution in [1.82, 2.24) is 9.55 Å². The Morgan fingerprint density at radius 2 is 2.38 bits per heavy atom. The third-order valence-corrected chi connectivity index (χ3v) is 3.92. The fourth-order valence-electron chi connectivity index (χ4n) is 1.59. The van der Waals surface area contributed by atoms with Gasteiger partial charge in [-0.05, 0) is 18.6 Å². The van der Waals surface area contributed by atoms with Gasteiger partial charge in [-0.15, -0.1) is 11.3 Å². The summed E-state index contributed by atoms with van der Waals surface area (Å²) >= 11 is 7.43. The zero-order valence-corrected chi connectivity index (χ0v) is 10.6. The Hall–Kier alpha value is -0.840. The highest BCUT2D eigenvalue weighted by molar-refractivity contribution is 7.16. The molecule has 2 aromatic heterocycles. The lowest BCUT2D eigenvalue weighted by Crippen LogP contribution is -2.11. The number of hydrogen-bond donors (Lipinski definition) is 1. The van der Waals surface area contributed by atoms with Crippen LogP contribution < -0.4 is 5.73 Å². The molecule has 2 rings (SSSR count). The molecule has 0 amide bonds. The zero-order valence-electron chi connectivity index (χ0n) is 9.06. The van der Waals surface area contributed by atoms with Gasteiger partial charge in [0.2, 0.25) is 0 Å². The largest absolute Gasteiger partial charge is 0.338 e. The third kappa shape index (κ3) is 2.64. The van der Waals surface area contributed by atoms with E-state index < -0.39 is 0 Å². The standard InChI is InChI=1S/C11H14ClN3S/c1-15-7-6-14-11(15)5-2-8(13)9-3-4-10(12)16-9/h3-4,6-8H,2,5,13H2,1H3. The molecule has 86 valence electrons. The first-order chi connectivity index (χ1) is 7.66. The maximum absolute atomic E-state index is 6.09. The van der Waals surface area contributed by atoms with Crippen molar-refractivity contribution in [3.8, 4) is 0 Å². The Morgan fingerprint density at radius 3 is 2.94 bits per heavy atom. The lowest BCUT2D eigenvalue weighted by atomic mass is 10.1. The Labute approximate surface area is 104 Å². The number of halogens is 1. The van der Waals surface area contributed by atoms with E-state index in [4.69, 9.17) is 17.3 Å². The first-order valence-corrected chi connectivity index (χ1v) is 6.33. The van der Waals surface area contributed by atoms with Crippen molar-refractivity contribution in [1.29, 1.82) is 0 Å². The Bertz CT molecular complexity index is 463. The third-order valence-electron chi connectivity index (χ3n) is 2.56. The van der Waals surface area contributed by atoms with Gasteiger partial charge in [0.1, 0.15) is 5.82 Å². The average molecular weight is 256 g/mol. The number of thiophene rings is 1. The van der Waals surface area contributed by atoms with Gasteiger partial charge in [0.05, 0.1) is 4.34 Å². The second kappa shape index (κ2) is 4.99. The second-order valence-electron chi connectivity index (χ2n) is 3.74. The molecule has 0 radical (unpaired) electrons. The van der Waals surface area contributed by atoms with Gasteiger partial charge in [-0.3, -0.25) is 0 Å². The summed E-state index contributed by atoms with van der Waals surface area (Å²) in [5, 5.41) is 0. The molecule has 0 saturated heterocycles. The highest BCUT2D eigenvalue weighted by Crippen LogP contribution is 2.27. The van der Waals surface area contributed by atoms with Crippen LogP contribution in [0.4, 0.5) is 0 Å². The van der Waals surface area contributed by atoms with Crippen molar-refractivity contribution >= 4 is 22.9 Å². The summed E-state index contributed by atoms with van der Waals surface area (Å²) < 4.78 is 2.82. The highest BCUT2D eigenvalue weighted by atomic mass is 35.5. The predicted molar refractivity (Wildman–Crippen MR) is 67.8 cm³/mol. The monoisotopic (exact) mass is 255 g/mol. The summed E-state index contributed by atoms with van der Waals surface area (Å²) in [5.74, 6) is 1.07. The molecule has 0 aliphatic rings. The summed E-state index contributed by atoms with van der Waals surface area (Å²) in [4.78, 5) is 5.41. The molecule has 2 aromatic rings. The van der Waals surface area contributed by atoms with E-state index in [-0.39, 0.29) is 6.04 Å². The van der Waals surface area contributed by atoms with E-state index in [1.165, 1.54) is 0 Å². The fourth-order valence-corrected chi connectivity index (χ4v) is 2.69. The van der Waals surface area contributed by atoms with Crippen molar-refractivity contribution in [3.63, 3.8) is 0 Å². The minimum Gasteiger partial charge on any atom is -0.338 e. The average Bonchev–Trinajstić information content (AvgIpc) is 2.84. The number of aryl methyl sites for hydroxylation is 2. The number of nitrogens with zero attached hydrogens (tertiary/aromatic N) is 2. The summed E-state index contributed by atoms with van der Waals surface area (Å²) in [7, 11) is 2.00. The van der Waals surface area contributed by atoms with Crippen LogP contribution in [0.2, 0.25) is 4.34 Å².